The summed E-state index contributed by atoms with van der Waals surface area (Å²) in [6.45, 7) is 6.50. The Bertz CT molecular complexity index is 301. The van der Waals surface area contributed by atoms with Gasteiger partial charge in [-0.3, -0.25) is 0 Å². The first-order valence-corrected chi connectivity index (χ1v) is 4.67. The average Bonchev–Trinajstić information content (AvgIpc) is 2.02. The molecule has 1 aromatic carbocycles. The third-order valence-electron chi connectivity index (χ3n) is 2.20. The molecule has 1 aromatic rings. The molecule has 0 unspecified atom stereocenters. The van der Waals surface area contributed by atoms with Crippen molar-refractivity contribution in [3.8, 4) is 0 Å². The number of hydrogen-bond donors (Lipinski definition) is 1. The number of benzene rings is 1. The molecule has 0 spiro atoms. The van der Waals surface area contributed by atoms with Crippen molar-refractivity contribution in [2.75, 3.05) is 6.54 Å². The monoisotopic (exact) mass is 199 g/mol. The Morgan fingerprint density at radius 1 is 1.14 bits per heavy atom. The van der Waals surface area contributed by atoms with Gasteiger partial charge in [-0.15, -0.1) is 0 Å². The van der Waals surface area contributed by atoms with Gasteiger partial charge in [0.25, 0.3) is 0 Å². The van der Waals surface area contributed by atoms with Gasteiger partial charge in [-0.2, -0.15) is 0 Å². The molecule has 0 radical (unpaired) electrons. The van der Waals surface area contributed by atoms with E-state index in [0.29, 0.717) is 5.56 Å². The third-order valence-corrected chi connectivity index (χ3v) is 2.20. The van der Waals surface area contributed by atoms with E-state index in [1.54, 1.807) is 0 Å². The van der Waals surface area contributed by atoms with Crippen molar-refractivity contribution in [2.45, 2.75) is 26.3 Å². The lowest BCUT2D eigenvalue weighted by Crippen LogP contribution is -2.36. The molecule has 0 saturated heterocycles. The Morgan fingerprint density at radius 2 is 1.64 bits per heavy atom. The van der Waals surface area contributed by atoms with Crippen molar-refractivity contribution in [1.82, 2.24) is 5.32 Å². The second-order valence-electron chi connectivity index (χ2n) is 3.81. The second kappa shape index (κ2) is 4.05. The summed E-state index contributed by atoms with van der Waals surface area (Å²) in [7, 11) is 0. The summed E-state index contributed by atoms with van der Waals surface area (Å²) >= 11 is 0. The van der Waals surface area contributed by atoms with E-state index >= 15 is 0 Å². The molecule has 1 rings (SSSR count). The Hall–Kier alpha value is -0.960. The van der Waals surface area contributed by atoms with Gasteiger partial charge in [-0.25, -0.2) is 8.78 Å². The van der Waals surface area contributed by atoms with Crippen LogP contribution in [-0.2, 0) is 5.54 Å². The molecular weight excluding hydrogens is 184 g/mol. The number of rotatable bonds is 3. The van der Waals surface area contributed by atoms with E-state index in [0.717, 1.165) is 12.6 Å². The minimum Gasteiger partial charge on any atom is -0.308 e. The van der Waals surface area contributed by atoms with Crippen molar-refractivity contribution in [1.29, 1.82) is 0 Å². The third kappa shape index (κ3) is 2.51. The Labute approximate surface area is 83.1 Å². The molecule has 1 N–H and O–H groups in total. The largest absolute Gasteiger partial charge is 0.308 e. The van der Waals surface area contributed by atoms with Crippen LogP contribution in [0.15, 0.2) is 18.2 Å². The second-order valence-corrected chi connectivity index (χ2v) is 3.81. The molecule has 0 aliphatic carbocycles. The molecule has 78 valence electrons. The van der Waals surface area contributed by atoms with E-state index in [1.165, 1.54) is 12.1 Å². The molecule has 0 bridgehead atoms. The van der Waals surface area contributed by atoms with E-state index in [9.17, 15) is 8.78 Å². The van der Waals surface area contributed by atoms with Crippen LogP contribution in [0, 0.1) is 11.6 Å². The number of halogens is 2. The van der Waals surface area contributed by atoms with E-state index in [-0.39, 0.29) is 0 Å². The van der Waals surface area contributed by atoms with Crippen molar-refractivity contribution in [3.05, 3.63) is 35.4 Å². The summed E-state index contributed by atoms with van der Waals surface area (Å²) in [6, 6.07) is 3.59. The molecular formula is C11H15F2N. The molecule has 0 aromatic heterocycles. The quantitative estimate of drug-likeness (QED) is 0.789. The maximum absolute atomic E-state index is 12.9. The summed E-state index contributed by atoms with van der Waals surface area (Å²) in [5.74, 6) is -1.07. The summed E-state index contributed by atoms with van der Waals surface area (Å²) in [4.78, 5) is 0. The molecule has 1 nitrogen and oxygen atoms in total. The van der Waals surface area contributed by atoms with E-state index in [1.807, 2.05) is 20.8 Å². The highest BCUT2D eigenvalue weighted by Gasteiger charge is 2.20. The Morgan fingerprint density at radius 3 is 2.07 bits per heavy atom. The summed E-state index contributed by atoms with van der Waals surface area (Å²) in [5.41, 5.74) is 0.217. The van der Waals surface area contributed by atoms with Crippen LogP contribution < -0.4 is 5.32 Å². The minimum atomic E-state index is -0.536. The highest BCUT2D eigenvalue weighted by Crippen LogP contribution is 2.21. The predicted molar refractivity (Wildman–Crippen MR) is 53.1 cm³/mol. The van der Waals surface area contributed by atoms with Crippen molar-refractivity contribution < 1.29 is 8.78 Å². The van der Waals surface area contributed by atoms with E-state index < -0.39 is 17.2 Å². The smallest absolute Gasteiger partial charge is 0.126 e. The van der Waals surface area contributed by atoms with Gasteiger partial charge in [-0.1, -0.05) is 6.92 Å². The van der Waals surface area contributed by atoms with Crippen LogP contribution in [-0.4, -0.2) is 6.54 Å². The Kier molecular flexibility index (Phi) is 3.21. The van der Waals surface area contributed by atoms with Gasteiger partial charge in [0.2, 0.25) is 0 Å². The number of nitrogens with one attached hydrogen (secondary N) is 1. The van der Waals surface area contributed by atoms with Crippen LogP contribution in [0.3, 0.4) is 0 Å². The molecule has 0 heterocycles. The van der Waals surface area contributed by atoms with Crippen LogP contribution in [0.4, 0.5) is 8.78 Å². The Balaban J connectivity index is 3.05. The fraction of sp³-hybridized carbons (Fsp3) is 0.455. The molecule has 14 heavy (non-hydrogen) atoms. The standard InChI is InChI=1S/C11H15F2N/c1-4-14-11(2,3)8-5-9(12)7-10(13)6-8/h5-7,14H,4H2,1-3H3. The fourth-order valence-electron chi connectivity index (χ4n) is 1.46. The maximum atomic E-state index is 12.9. The highest BCUT2D eigenvalue weighted by atomic mass is 19.1. The lowest BCUT2D eigenvalue weighted by Gasteiger charge is -2.26. The summed E-state index contributed by atoms with van der Waals surface area (Å²) < 4.78 is 25.9. The van der Waals surface area contributed by atoms with Crippen LogP contribution in [0.1, 0.15) is 26.3 Å². The molecule has 3 heteroatoms. The topological polar surface area (TPSA) is 12.0 Å². The lowest BCUT2D eigenvalue weighted by atomic mass is 9.94. The molecule has 0 aliphatic heterocycles. The average molecular weight is 199 g/mol. The van der Waals surface area contributed by atoms with Crippen molar-refractivity contribution in [2.24, 2.45) is 0 Å². The first-order chi connectivity index (χ1) is 6.45. The molecule has 0 fully saturated rings. The van der Waals surface area contributed by atoms with E-state index in [4.69, 9.17) is 0 Å². The van der Waals surface area contributed by atoms with Crippen LogP contribution >= 0.6 is 0 Å². The maximum Gasteiger partial charge on any atom is 0.126 e. The molecule has 0 saturated carbocycles. The molecule has 0 aliphatic rings. The van der Waals surface area contributed by atoms with Gasteiger partial charge in [0.05, 0.1) is 0 Å². The van der Waals surface area contributed by atoms with Crippen LogP contribution in [0.25, 0.3) is 0 Å². The first kappa shape index (κ1) is 11.1. The SMILES string of the molecule is CCNC(C)(C)c1cc(F)cc(F)c1. The van der Waals surface area contributed by atoms with Gasteiger partial charge >= 0.3 is 0 Å². The number of hydrogen-bond acceptors (Lipinski definition) is 1. The zero-order valence-electron chi connectivity index (χ0n) is 8.70. The summed E-state index contributed by atoms with van der Waals surface area (Å²) in [5, 5.41) is 3.16. The molecule has 0 atom stereocenters. The van der Waals surface area contributed by atoms with Gasteiger partial charge in [0.1, 0.15) is 11.6 Å². The predicted octanol–water partition coefficient (Wildman–Crippen LogP) is 2.81. The lowest BCUT2D eigenvalue weighted by molar-refractivity contribution is 0.410. The minimum absolute atomic E-state index is 0.405. The van der Waals surface area contributed by atoms with Crippen molar-refractivity contribution in [3.63, 3.8) is 0 Å². The van der Waals surface area contributed by atoms with Gasteiger partial charge in [0.15, 0.2) is 0 Å². The van der Waals surface area contributed by atoms with Crippen LogP contribution in [0.2, 0.25) is 0 Å². The highest BCUT2D eigenvalue weighted by molar-refractivity contribution is 5.24. The fourth-order valence-corrected chi connectivity index (χ4v) is 1.46. The first-order valence-electron chi connectivity index (χ1n) is 4.67. The zero-order chi connectivity index (χ0) is 10.8. The van der Waals surface area contributed by atoms with Crippen LogP contribution in [0.5, 0.6) is 0 Å². The summed E-state index contributed by atoms with van der Waals surface area (Å²) in [6.07, 6.45) is 0. The normalized spacial score (nSPS) is 11.8. The van der Waals surface area contributed by atoms with Gasteiger partial charge in [-0.05, 0) is 38.1 Å². The van der Waals surface area contributed by atoms with Gasteiger partial charge < -0.3 is 5.32 Å². The molecule has 0 amide bonds. The zero-order valence-corrected chi connectivity index (χ0v) is 8.70. The van der Waals surface area contributed by atoms with Crippen molar-refractivity contribution >= 4 is 0 Å². The van der Waals surface area contributed by atoms with E-state index in [2.05, 4.69) is 5.32 Å². The van der Waals surface area contributed by atoms with Gasteiger partial charge in [0, 0.05) is 11.6 Å².